The summed E-state index contributed by atoms with van der Waals surface area (Å²) in [7, 11) is 0. The summed E-state index contributed by atoms with van der Waals surface area (Å²) in [6.45, 7) is 6.00. The van der Waals surface area contributed by atoms with Crippen LogP contribution >= 0.6 is 24.8 Å². The molecule has 0 rings (SSSR count). The molecule has 0 aromatic heterocycles. The molecule has 0 saturated heterocycles. The SMILES string of the molecule is CCN(CC)NC(=S)S.[Cd]. The summed E-state index contributed by atoms with van der Waals surface area (Å²) in [4.78, 5) is 0. The van der Waals surface area contributed by atoms with Crippen molar-refractivity contribution in [2.75, 3.05) is 13.1 Å². The quantitative estimate of drug-likeness (QED) is 0.347. The van der Waals surface area contributed by atoms with Crippen LogP contribution in [0.1, 0.15) is 13.8 Å². The van der Waals surface area contributed by atoms with E-state index >= 15 is 0 Å². The Labute approximate surface area is 93.3 Å². The van der Waals surface area contributed by atoms with Crippen LogP contribution in [0.2, 0.25) is 0 Å². The first-order valence-electron chi connectivity index (χ1n) is 2.95. The van der Waals surface area contributed by atoms with Gasteiger partial charge < -0.3 is 5.43 Å². The smallest absolute Gasteiger partial charge is 0.145 e. The monoisotopic (exact) mass is 278 g/mol. The minimum Gasteiger partial charge on any atom is -0.304 e. The first-order valence-corrected chi connectivity index (χ1v) is 3.80. The average Bonchev–Trinajstić information content (AvgIpc) is 1.82. The summed E-state index contributed by atoms with van der Waals surface area (Å²) in [5.74, 6) is 0. The normalized spacial score (nSPS) is 8.80. The first kappa shape index (κ1) is 13.7. The van der Waals surface area contributed by atoms with Crippen molar-refractivity contribution in [3.8, 4) is 0 Å². The van der Waals surface area contributed by atoms with E-state index in [0.29, 0.717) is 4.32 Å². The molecule has 56 valence electrons. The van der Waals surface area contributed by atoms with Gasteiger partial charge in [-0.3, -0.25) is 0 Å². The van der Waals surface area contributed by atoms with E-state index in [1.807, 2.05) is 5.01 Å². The van der Waals surface area contributed by atoms with E-state index in [2.05, 4.69) is 31.9 Å². The zero-order valence-corrected chi connectivity index (χ0v) is 12.2. The van der Waals surface area contributed by atoms with Gasteiger partial charge in [0.2, 0.25) is 0 Å². The fraction of sp³-hybridized carbons (Fsp3) is 0.800. The zero-order chi connectivity index (χ0) is 7.28. The van der Waals surface area contributed by atoms with E-state index in [4.69, 9.17) is 12.2 Å². The molecule has 1 N–H and O–H groups in total. The number of hydrogen-bond donors (Lipinski definition) is 2. The van der Waals surface area contributed by atoms with Crippen molar-refractivity contribution in [3.05, 3.63) is 0 Å². The van der Waals surface area contributed by atoms with Crippen LogP contribution in [-0.4, -0.2) is 22.4 Å². The van der Waals surface area contributed by atoms with Gasteiger partial charge in [0.05, 0.1) is 0 Å². The number of thiol groups is 1. The minimum absolute atomic E-state index is 0. The molecule has 5 heteroatoms. The van der Waals surface area contributed by atoms with E-state index in [0.717, 1.165) is 13.1 Å². The molecule has 0 bridgehead atoms. The number of nitrogens with one attached hydrogen (secondary N) is 1. The molecule has 0 atom stereocenters. The molecule has 0 saturated carbocycles. The van der Waals surface area contributed by atoms with Crippen LogP contribution in [0.3, 0.4) is 0 Å². The van der Waals surface area contributed by atoms with Crippen LogP contribution in [-0.2, 0) is 27.3 Å². The summed E-state index contributed by atoms with van der Waals surface area (Å²) in [6.07, 6.45) is 0. The Morgan fingerprint density at radius 2 is 1.90 bits per heavy atom. The number of hydrogen-bond acceptors (Lipinski definition) is 2. The molecule has 0 heterocycles. The molecule has 0 aliphatic heterocycles. The summed E-state index contributed by atoms with van der Waals surface area (Å²) < 4.78 is 0.527. The molecular formula is C5H12CdN2S2. The zero-order valence-electron chi connectivity index (χ0n) is 6.42. The Balaban J connectivity index is 0. The standard InChI is InChI=1S/C5H12N2S2.Cd/c1-3-7(4-2)6-5(8)9;/h3-4H2,1-2H3,(H2,6,8,9);. The van der Waals surface area contributed by atoms with Crippen LogP contribution in [0.25, 0.3) is 0 Å². The number of nitrogens with zero attached hydrogens (tertiary/aromatic N) is 1. The first-order chi connectivity index (χ1) is 4.20. The van der Waals surface area contributed by atoms with Crippen LogP contribution in [0.4, 0.5) is 0 Å². The molecule has 0 aliphatic rings. The van der Waals surface area contributed by atoms with Gasteiger partial charge in [-0.2, -0.15) is 0 Å². The van der Waals surface area contributed by atoms with Crippen molar-refractivity contribution in [2.45, 2.75) is 13.8 Å². The largest absolute Gasteiger partial charge is 0.304 e. The van der Waals surface area contributed by atoms with Crippen LogP contribution < -0.4 is 5.43 Å². The van der Waals surface area contributed by atoms with Gasteiger partial charge in [-0.1, -0.05) is 26.1 Å². The van der Waals surface area contributed by atoms with Gasteiger partial charge in [-0.15, -0.1) is 12.6 Å². The van der Waals surface area contributed by atoms with Crippen molar-refractivity contribution >= 4 is 29.2 Å². The molecule has 0 amide bonds. The maximum atomic E-state index is 4.72. The van der Waals surface area contributed by atoms with Crippen LogP contribution in [0.5, 0.6) is 0 Å². The van der Waals surface area contributed by atoms with Gasteiger partial charge in [0.1, 0.15) is 4.32 Å². The molecule has 0 aliphatic carbocycles. The number of thiocarbonyl (C=S) groups is 1. The maximum absolute atomic E-state index is 4.72. The van der Waals surface area contributed by atoms with Gasteiger partial charge in [-0.05, 0) is 0 Å². The second-order valence-electron chi connectivity index (χ2n) is 1.59. The molecular weight excluding hydrogens is 265 g/mol. The summed E-state index contributed by atoms with van der Waals surface area (Å²) in [6, 6.07) is 0. The fourth-order valence-electron chi connectivity index (χ4n) is 0.517. The molecule has 0 unspecified atom stereocenters. The topological polar surface area (TPSA) is 15.3 Å². The second kappa shape index (κ2) is 8.22. The second-order valence-corrected chi connectivity index (χ2v) is 2.75. The van der Waals surface area contributed by atoms with Gasteiger partial charge >= 0.3 is 0 Å². The molecule has 2 nitrogen and oxygen atoms in total. The third-order valence-corrected chi connectivity index (χ3v) is 1.21. The van der Waals surface area contributed by atoms with Crippen molar-refractivity contribution < 1.29 is 27.3 Å². The Morgan fingerprint density at radius 1 is 1.50 bits per heavy atom. The molecule has 0 aromatic carbocycles. The van der Waals surface area contributed by atoms with Crippen LogP contribution in [0, 0.1) is 0 Å². The third-order valence-electron chi connectivity index (χ3n) is 1.02. The van der Waals surface area contributed by atoms with Gasteiger partial charge in [0.15, 0.2) is 0 Å². The summed E-state index contributed by atoms with van der Waals surface area (Å²) >= 11 is 8.64. The fourth-order valence-corrected chi connectivity index (χ4v) is 0.788. The average molecular weight is 277 g/mol. The Kier molecular flexibility index (Phi) is 11.3. The molecule has 0 fully saturated rings. The molecule has 10 heavy (non-hydrogen) atoms. The minimum atomic E-state index is 0. The predicted molar refractivity (Wildman–Crippen MR) is 47.6 cm³/mol. The van der Waals surface area contributed by atoms with E-state index in [1.54, 1.807) is 0 Å². The van der Waals surface area contributed by atoms with Crippen molar-refractivity contribution in [2.24, 2.45) is 0 Å². The molecule has 0 spiro atoms. The predicted octanol–water partition coefficient (Wildman–Crippen LogP) is 1.04. The van der Waals surface area contributed by atoms with Gasteiger partial charge in [-0.25, -0.2) is 5.01 Å². The summed E-state index contributed by atoms with van der Waals surface area (Å²) in [5, 5.41) is 1.98. The van der Waals surface area contributed by atoms with E-state index in [1.165, 1.54) is 0 Å². The maximum Gasteiger partial charge on any atom is 0.145 e. The Hall–Kier alpha value is 1.12. The number of rotatable bonds is 3. The molecule has 0 aromatic rings. The van der Waals surface area contributed by atoms with Crippen molar-refractivity contribution in [1.29, 1.82) is 0 Å². The van der Waals surface area contributed by atoms with E-state index in [-0.39, 0.29) is 27.3 Å². The number of hydrazine groups is 1. The van der Waals surface area contributed by atoms with Crippen LogP contribution in [0.15, 0.2) is 0 Å². The van der Waals surface area contributed by atoms with E-state index < -0.39 is 0 Å². The van der Waals surface area contributed by atoms with Crippen molar-refractivity contribution in [3.63, 3.8) is 0 Å². The molecule has 0 radical (unpaired) electrons. The van der Waals surface area contributed by atoms with E-state index in [9.17, 15) is 0 Å². The van der Waals surface area contributed by atoms with Gasteiger partial charge in [0.25, 0.3) is 0 Å². The third kappa shape index (κ3) is 7.23. The Bertz CT molecular complexity index is 95.6. The van der Waals surface area contributed by atoms with Gasteiger partial charge in [0, 0.05) is 40.4 Å². The summed E-state index contributed by atoms with van der Waals surface area (Å²) in [5.41, 5.74) is 2.91. The van der Waals surface area contributed by atoms with Crippen molar-refractivity contribution in [1.82, 2.24) is 10.4 Å². The Morgan fingerprint density at radius 3 is 2.00 bits per heavy atom.